The highest BCUT2D eigenvalue weighted by atomic mass is 19.1. The van der Waals surface area contributed by atoms with Crippen LogP contribution < -0.4 is 73.1 Å². The average molecular weight is 1380 g/mol. The Morgan fingerprint density at radius 2 is 0.660 bits per heavy atom. The monoisotopic (exact) mass is 1380 g/mol. The van der Waals surface area contributed by atoms with Gasteiger partial charge in [-0.15, -0.1) is 0 Å². The molecule has 0 saturated carbocycles. The van der Waals surface area contributed by atoms with Crippen LogP contribution in [0.15, 0.2) is 155 Å². The molecule has 526 valence electrons. The van der Waals surface area contributed by atoms with E-state index in [1.54, 1.807) is 0 Å². The van der Waals surface area contributed by atoms with E-state index in [4.69, 9.17) is 109 Å². The van der Waals surface area contributed by atoms with Crippen LogP contribution in [0.2, 0.25) is 0 Å². The molecule has 2 fully saturated rings. The SMILES string of the molecule is O=C([O-])C(=O)[O-].O=C([O-])C(=O)[O-].O=C([O-])C(=O)[O-].O=C([O-])C(=O)[O-].O=C([O-])C(=O)[O-].O=c1[nH]c2ccccc2n1CCN1CCC(Nc2nc3ccccc3n2Cc2ccc(F)cc2)C1.O=c1[nH]c2ccccc2n1CCN1CCC(Nc2nc3ccccc3n2Cc2ccc(F)cc2)C1. The minimum Gasteiger partial charge on any atom is -0.543 e. The number of H-pyrrole nitrogens is 2. The molecule has 2 saturated heterocycles. The summed E-state index contributed by atoms with van der Waals surface area (Å²) < 4.78 is 34.8. The number of halogens is 2. The Morgan fingerprint density at radius 3 is 0.960 bits per heavy atom. The van der Waals surface area contributed by atoms with Crippen LogP contribution >= 0.6 is 0 Å². The fourth-order valence-electron chi connectivity index (χ4n) is 10.0. The molecule has 4 aromatic heterocycles. The first-order chi connectivity index (χ1) is 47.5. The van der Waals surface area contributed by atoms with Crippen LogP contribution in [0.4, 0.5) is 20.7 Å². The summed E-state index contributed by atoms with van der Waals surface area (Å²) in [7, 11) is 0. The first-order valence-electron chi connectivity index (χ1n) is 29.3. The number of aromatic amines is 2. The Kier molecular flexibility index (Phi) is 27.4. The number of para-hydroxylation sites is 8. The van der Waals surface area contributed by atoms with Gasteiger partial charge in [0.15, 0.2) is 0 Å². The third-order valence-corrected chi connectivity index (χ3v) is 14.5. The lowest BCUT2D eigenvalue weighted by Crippen LogP contribution is -2.42. The number of carbonyl (C=O) groups is 10. The smallest absolute Gasteiger partial charge is 0.326 e. The number of carbonyl (C=O) groups excluding carboxylic acids is 10. The number of hydrogen-bond acceptors (Lipinski definition) is 28. The maximum absolute atomic E-state index is 13.4. The topological polar surface area (TPSA) is 543 Å². The van der Waals surface area contributed by atoms with E-state index in [0.29, 0.717) is 26.2 Å². The number of likely N-dealkylation sites (tertiary alicyclic amines) is 2. The lowest BCUT2D eigenvalue weighted by atomic mass is 10.2. The van der Waals surface area contributed by atoms with Gasteiger partial charge in [0, 0.05) is 64.4 Å². The van der Waals surface area contributed by atoms with Gasteiger partial charge in [-0.2, -0.15) is 0 Å². The molecule has 6 heterocycles. The largest absolute Gasteiger partial charge is 0.543 e. The van der Waals surface area contributed by atoms with E-state index in [2.05, 4.69) is 51.7 Å². The van der Waals surface area contributed by atoms with Crippen LogP contribution in [0.1, 0.15) is 24.0 Å². The van der Waals surface area contributed by atoms with Gasteiger partial charge in [-0.25, -0.2) is 28.3 Å². The van der Waals surface area contributed by atoms with E-state index >= 15 is 0 Å². The van der Waals surface area contributed by atoms with Crippen molar-refractivity contribution in [3.8, 4) is 0 Å². The second-order valence-corrected chi connectivity index (χ2v) is 21.2. The number of imidazole rings is 4. The third kappa shape index (κ3) is 22.5. The molecule has 6 aromatic carbocycles. The Morgan fingerprint density at radius 1 is 0.380 bits per heavy atom. The van der Waals surface area contributed by atoms with Crippen molar-refractivity contribution in [1.29, 1.82) is 0 Å². The van der Waals surface area contributed by atoms with Gasteiger partial charge in [0.05, 0.1) is 117 Å². The molecule has 10 aromatic rings. The quantitative estimate of drug-likeness (QED) is 0.0735. The molecular formula is C64H54F2N12O22-10. The number of carboxylic acids is 10. The van der Waals surface area contributed by atoms with Crippen molar-refractivity contribution in [3.05, 3.63) is 189 Å². The Hall–Kier alpha value is -13.1. The molecule has 2 unspecified atom stereocenters. The standard InChI is InChI=1S/2C27H27FN6O.5C2H2O4/c2*28-20-11-9-19(10-12-20)17-34-25-8-4-1-5-22(25)30-26(34)29-21-13-14-32(18-21)15-16-33-24-7-3-2-6-23(24)31-27(33)35;5*3-1(4)2(5)6/h2*1-12,21H,13-18H2,(H,29,30)(H,31,35);5*(H,3,4)(H,5,6)/p-10. The molecule has 12 rings (SSSR count). The second kappa shape index (κ2) is 36.1. The van der Waals surface area contributed by atoms with E-state index in [1.807, 2.05) is 118 Å². The average Bonchev–Trinajstić information content (AvgIpc) is 1.66. The summed E-state index contributed by atoms with van der Waals surface area (Å²) in [6.07, 6.45) is 2.01. The molecule has 34 nitrogen and oxygen atoms in total. The molecule has 4 N–H and O–H groups in total. The fourth-order valence-corrected chi connectivity index (χ4v) is 10.0. The molecule has 2 aliphatic rings. The number of anilines is 2. The summed E-state index contributed by atoms with van der Waals surface area (Å²) >= 11 is 0. The van der Waals surface area contributed by atoms with Gasteiger partial charge in [-0.3, -0.25) is 18.9 Å². The molecule has 36 heteroatoms. The number of benzene rings is 6. The normalized spacial score (nSPS) is 13.7. The molecule has 0 aliphatic carbocycles. The molecule has 0 spiro atoms. The van der Waals surface area contributed by atoms with Gasteiger partial charge in [-0.05, 0) is 96.8 Å². The third-order valence-electron chi connectivity index (χ3n) is 14.5. The number of hydrogen-bond donors (Lipinski definition) is 4. The van der Waals surface area contributed by atoms with E-state index in [9.17, 15) is 18.4 Å². The zero-order valence-corrected chi connectivity index (χ0v) is 51.8. The van der Waals surface area contributed by atoms with Crippen molar-refractivity contribution in [2.24, 2.45) is 0 Å². The van der Waals surface area contributed by atoms with E-state index in [0.717, 1.165) is 119 Å². The van der Waals surface area contributed by atoms with Crippen LogP contribution in [0.3, 0.4) is 0 Å². The Labute approximate surface area is 560 Å². The molecule has 2 aliphatic heterocycles. The van der Waals surface area contributed by atoms with Crippen molar-refractivity contribution in [2.75, 3.05) is 49.9 Å². The van der Waals surface area contributed by atoms with Gasteiger partial charge in [0.25, 0.3) is 0 Å². The van der Waals surface area contributed by atoms with Crippen molar-refractivity contribution < 1.29 is 108 Å². The minimum absolute atomic E-state index is 0.0606. The van der Waals surface area contributed by atoms with Gasteiger partial charge in [0.2, 0.25) is 11.9 Å². The molecular weight excluding hydrogens is 1330 g/mol. The zero-order chi connectivity index (χ0) is 73.3. The molecule has 2 atom stereocenters. The van der Waals surface area contributed by atoms with Crippen LogP contribution in [-0.4, -0.2) is 159 Å². The lowest BCUT2D eigenvalue weighted by molar-refractivity contribution is -0.345. The number of aliphatic carboxylic acids is 10. The van der Waals surface area contributed by atoms with Crippen LogP contribution in [-0.2, 0) is 74.1 Å². The molecule has 0 bridgehead atoms. The van der Waals surface area contributed by atoms with Crippen molar-refractivity contribution in [3.63, 3.8) is 0 Å². The number of nitrogens with zero attached hydrogens (tertiary/aromatic N) is 8. The zero-order valence-electron chi connectivity index (χ0n) is 51.8. The van der Waals surface area contributed by atoms with Gasteiger partial charge >= 0.3 is 11.4 Å². The highest BCUT2D eigenvalue weighted by Crippen LogP contribution is 2.26. The van der Waals surface area contributed by atoms with Crippen molar-refractivity contribution in [2.45, 2.75) is 51.1 Å². The fraction of sp³-hybridized carbons (Fsp3) is 0.219. The van der Waals surface area contributed by atoms with E-state index in [-0.39, 0.29) is 35.1 Å². The summed E-state index contributed by atoms with van der Waals surface area (Å²) in [6.45, 7) is 7.86. The molecule has 0 amide bonds. The second-order valence-electron chi connectivity index (χ2n) is 21.2. The predicted octanol–water partition coefficient (Wildman–Crippen LogP) is -9.46. The number of rotatable bonds is 14. The highest BCUT2D eigenvalue weighted by molar-refractivity contribution is 6.26. The summed E-state index contributed by atoms with van der Waals surface area (Å²) in [5.74, 6) is -20.7. The van der Waals surface area contributed by atoms with Crippen molar-refractivity contribution >= 4 is 116 Å². The van der Waals surface area contributed by atoms with E-state index in [1.165, 1.54) is 24.3 Å². The van der Waals surface area contributed by atoms with E-state index < -0.39 is 59.7 Å². The maximum atomic E-state index is 13.4. The minimum atomic E-state index is -2.19. The van der Waals surface area contributed by atoms with Gasteiger partial charge in [0.1, 0.15) is 11.6 Å². The van der Waals surface area contributed by atoms with Crippen LogP contribution in [0, 0.1) is 11.6 Å². The number of aromatic nitrogens is 8. The number of fused-ring (bicyclic) bond motifs is 4. The summed E-state index contributed by atoms with van der Waals surface area (Å²) in [5, 5.41) is 96.6. The molecule has 0 radical (unpaired) electrons. The lowest BCUT2D eigenvalue weighted by Gasteiger charge is -2.18. The number of nitrogens with one attached hydrogen (secondary N) is 4. The van der Waals surface area contributed by atoms with Gasteiger partial charge in [-0.1, -0.05) is 72.8 Å². The summed E-state index contributed by atoms with van der Waals surface area (Å²) in [5.41, 5.74) is 9.53. The molecule has 100 heavy (non-hydrogen) atoms. The number of carboxylic acid groups (broad SMARTS) is 10. The summed E-state index contributed by atoms with van der Waals surface area (Å²) in [4.78, 5) is 134. The highest BCUT2D eigenvalue weighted by Gasteiger charge is 2.26. The van der Waals surface area contributed by atoms with Gasteiger partial charge < -0.3 is 129 Å². The first kappa shape index (κ1) is 75.9. The Balaban J connectivity index is 0.000000225. The summed E-state index contributed by atoms with van der Waals surface area (Å²) in [6, 6.07) is 45.6. The van der Waals surface area contributed by atoms with Crippen molar-refractivity contribution in [1.82, 2.24) is 48.0 Å². The predicted molar refractivity (Wildman–Crippen MR) is 323 cm³/mol. The Bertz CT molecular complexity index is 4260. The van der Waals surface area contributed by atoms with Crippen LogP contribution in [0.25, 0.3) is 44.1 Å². The maximum Gasteiger partial charge on any atom is 0.326 e. The first-order valence-corrected chi connectivity index (χ1v) is 29.3. The van der Waals surface area contributed by atoms with Crippen LogP contribution in [0.5, 0.6) is 0 Å².